The highest BCUT2D eigenvalue weighted by Crippen LogP contribution is 2.21. The molecule has 0 bridgehead atoms. The molecule has 172 valence electrons. The van der Waals surface area contributed by atoms with Crippen molar-refractivity contribution < 1.29 is 14.3 Å². The number of carbonyl (C=O) groups is 2. The van der Waals surface area contributed by atoms with Gasteiger partial charge in [-0.15, -0.1) is 0 Å². The summed E-state index contributed by atoms with van der Waals surface area (Å²) in [6, 6.07) is 16.1. The van der Waals surface area contributed by atoms with Crippen molar-refractivity contribution in [2.24, 2.45) is 0 Å². The number of hydrogen-bond donors (Lipinski definition) is 2. The molecular formula is C26H35N3O3. The Morgan fingerprint density at radius 1 is 1.06 bits per heavy atom. The number of amides is 2. The number of methoxy groups -OCH3 is 1. The Labute approximate surface area is 191 Å². The molecule has 0 saturated carbocycles. The molecule has 2 atom stereocenters. The molecule has 2 unspecified atom stereocenters. The first-order valence-corrected chi connectivity index (χ1v) is 11.4. The number of ether oxygens (including phenoxy) is 1. The van der Waals surface area contributed by atoms with E-state index in [1.54, 1.807) is 7.11 Å². The molecule has 0 aromatic heterocycles. The number of hydrogen-bond acceptors (Lipinski definition) is 4. The summed E-state index contributed by atoms with van der Waals surface area (Å²) in [6.45, 7) is 6.38. The largest absolute Gasteiger partial charge is 0.497 e. The van der Waals surface area contributed by atoms with E-state index in [0.29, 0.717) is 12.6 Å². The molecule has 0 spiro atoms. The average molecular weight is 438 g/mol. The zero-order valence-electron chi connectivity index (χ0n) is 19.4. The Morgan fingerprint density at radius 2 is 1.75 bits per heavy atom. The van der Waals surface area contributed by atoms with Gasteiger partial charge in [-0.1, -0.05) is 42.8 Å². The molecule has 1 fully saturated rings. The molecule has 1 aliphatic rings. The van der Waals surface area contributed by atoms with Crippen molar-refractivity contribution >= 4 is 11.8 Å². The molecule has 6 nitrogen and oxygen atoms in total. The van der Waals surface area contributed by atoms with Crippen LogP contribution in [-0.2, 0) is 22.7 Å². The number of carbonyl (C=O) groups excluding carboxylic acids is 2. The zero-order valence-corrected chi connectivity index (χ0v) is 19.4. The maximum absolute atomic E-state index is 12.6. The zero-order chi connectivity index (χ0) is 22.9. The summed E-state index contributed by atoms with van der Waals surface area (Å²) in [4.78, 5) is 26.8. The lowest BCUT2D eigenvalue weighted by Crippen LogP contribution is -2.36. The number of nitrogens with zero attached hydrogens (tertiary/aromatic N) is 1. The van der Waals surface area contributed by atoms with Gasteiger partial charge in [0.15, 0.2) is 0 Å². The monoisotopic (exact) mass is 437 g/mol. The van der Waals surface area contributed by atoms with Gasteiger partial charge < -0.3 is 15.4 Å². The van der Waals surface area contributed by atoms with Crippen LogP contribution in [0.25, 0.3) is 0 Å². The molecule has 0 radical (unpaired) electrons. The van der Waals surface area contributed by atoms with Crippen LogP contribution in [0.3, 0.4) is 0 Å². The molecule has 3 rings (SSSR count). The van der Waals surface area contributed by atoms with Crippen LogP contribution in [0.2, 0.25) is 0 Å². The molecule has 2 amide bonds. The van der Waals surface area contributed by atoms with Gasteiger partial charge in [0, 0.05) is 26.1 Å². The summed E-state index contributed by atoms with van der Waals surface area (Å²) in [7, 11) is 1.61. The third-order valence-corrected chi connectivity index (χ3v) is 6.12. The van der Waals surface area contributed by atoms with Crippen molar-refractivity contribution in [3.8, 4) is 5.75 Å². The molecule has 2 N–H and O–H groups in total. The van der Waals surface area contributed by atoms with Crippen LogP contribution >= 0.6 is 0 Å². The van der Waals surface area contributed by atoms with E-state index >= 15 is 0 Å². The van der Waals surface area contributed by atoms with E-state index in [1.165, 1.54) is 38.3 Å². The molecular weight excluding hydrogens is 402 g/mol. The van der Waals surface area contributed by atoms with Gasteiger partial charge in [-0.2, -0.15) is 0 Å². The minimum atomic E-state index is -0.382. The molecule has 1 saturated heterocycles. The Kier molecular flexibility index (Phi) is 8.68. The van der Waals surface area contributed by atoms with Crippen molar-refractivity contribution in [3.63, 3.8) is 0 Å². The van der Waals surface area contributed by atoms with Gasteiger partial charge in [-0.3, -0.25) is 14.5 Å². The first kappa shape index (κ1) is 23.8. The Bertz CT molecular complexity index is 880. The highest BCUT2D eigenvalue weighted by atomic mass is 16.5. The lowest BCUT2D eigenvalue weighted by molar-refractivity contribution is -0.122. The SMILES string of the molecule is COc1ccc(C(CC(=O)NCc2ccc(CN3CCCCC3C)cc2)NC(C)=O)cc1. The summed E-state index contributed by atoms with van der Waals surface area (Å²) in [5.74, 6) is 0.459. The van der Waals surface area contributed by atoms with Crippen LogP contribution in [0.4, 0.5) is 0 Å². The topological polar surface area (TPSA) is 70.7 Å². The van der Waals surface area contributed by atoms with E-state index in [-0.39, 0.29) is 24.3 Å². The highest BCUT2D eigenvalue weighted by Gasteiger charge is 2.19. The Balaban J connectivity index is 1.52. The van der Waals surface area contributed by atoms with Crippen molar-refractivity contribution in [1.82, 2.24) is 15.5 Å². The maximum atomic E-state index is 12.6. The van der Waals surface area contributed by atoms with Gasteiger partial charge in [0.25, 0.3) is 0 Å². The summed E-state index contributed by atoms with van der Waals surface area (Å²) < 4.78 is 5.19. The van der Waals surface area contributed by atoms with Crippen LogP contribution in [-0.4, -0.2) is 36.4 Å². The van der Waals surface area contributed by atoms with Gasteiger partial charge >= 0.3 is 0 Å². The van der Waals surface area contributed by atoms with Gasteiger partial charge in [-0.05, 0) is 55.1 Å². The molecule has 1 aliphatic heterocycles. The average Bonchev–Trinajstić information content (AvgIpc) is 2.79. The second-order valence-electron chi connectivity index (χ2n) is 8.64. The lowest BCUT2D eigenvalue weighted by Gasteiger charge is -2.33. The van der Waals surface area contributed by atoms with Crippen molar-refractivity contribution in [1.29, 1.82) is 0 Å². The molecule has 32 heavy (non-hydrogen) atoms. The minimum absolute atomic E-state index is 0.106. The second-order valence-corrected chi connectivity index (χ2v) is 8.64. The number of piperidine rings is 1. The standard InChI is InChI=1S/C26H35N3O3/c1-19-6-4-5-15-29(19)18-22-9-7-21(8-10-22)17-27-26(31)16-25(28-20(2)30)23-11-13-24(32-3)14-12-23/h7-14,19,25H,4-6,15-18H2,1-3H3,(H,27,31)(H,28,30). The predicted molar refractivity (Wildman–Crippen MR) is 126 cm³/mol. The lowest BCUT2D eigenvalue weighted by atomic mass is 10.0. The van der Waals surface area contributed by atoms with Crippen molar-refractivity contribution in [3.05, 3.63) is 65.2 Å². The summed E-state index contributed by atoms with van der Waals surface area (Å²) in [5.41, 5.74) is 3.24. The molecule has 6 heteroatoms. The molecule has 1 heterocycles. The predicted octanol–water partition coefficient (Wildman–Crippen LogP) is 3.95. The summed E-state index contributed by atoms with van der Waals surface area (Å²) in [5, 5.41) is 5.84. The van der Waals surface area contributed by atoms with Crippen LogP contribution in [0.5, 0.6) is 5.75 Å². The van der Waals surface area contributed by atoms with E-state index in [1.807, 2.05) is 24.3 Å². The number of nitrogens with one attached hydrogen (secondary N) is 2. The van der Waals surface area contributed by atoms with Gasteiger partial charge in [0.2, 0.25) is 11.8 Å². The maximum Gasteiger partial charge on any atom is 0.222 e. The fourth-order valence-corrected chi connectivity index (χ4v) is 4.18. The summed E-state index contributed by atoms with van der Waals surface area (Å²) >= 11 is 0. The van der Waals surface area contributed by atoms with E-state index in [2.05, 4.69) is 46.7 Å². The van der Waals surface area contributed by atoms with E-state index < -0.39 is 0 Å². The van der Waals surface area contributed by atoms with Gasteiger partial charge in [0.1, 0.15) is 5.75 Å². The first-order valence-electron chi connectivity index (χ1n) is 11.4. The smallest absolute Gasteiger partial charge is 0.222 e. The quantitative estimate of drug-likeness (QED) is 0.623. The first-order chi connectivity index (χ1) is 15.4. The van der Waals surface area contributed by atoms with E-state index in [9.17, 15) is 9.59 Å². The van der Waals surface area contributed by atoms with Gasteiger partial charge in [-0.25, -0.2) is 0 Å². The van der Waals surface area contributed by atoms with Gasteiger partial charge in [0.05, 0.1) is 19.6 Å². The Morgan fingerprint density at radius 3 is 2.38 bits per heavy atom. The van der Waals surface area contributed by atoms with E-state index in [0.717, 1.165) is 23.4 Å². The third-order valence-electron chi connectivity index (χ3n) is 6.12. The van der Waals surface area contributed by atoms with Crippen LogP contribution in [0.1, 0.15) is 62.3 Å². The van der Waals surface area contributed by atoms with Crippen LogP contribution < -0.4 is 15.4 Å². The number of benzene rings is 2. The Hall–Kier alpha value is -2.86. The summed E-state index contributed by atoms with van der Waals surface area (Å²) in [6.07, 6.45) is 4.07. The second kappa shape index (κ2) is 11.7. The van der Waals surface area contributed by atoms with Crippen LogP contribution in [0, 0.1) is 0 Å². The molecule has 2 aromatic rings. The fraction of sp³-hybridized carbons (Fsp3) is 0.462. The molecule has 0 aliphatic carbocycles. The molecule has 2 aromatic carbocycles. The van der Waals surface area contributed by atoms with E-state index in [4.69, 9.17) is 4.74 Å². The normalized spacial score (nSPS) is 17.4. The highest BCUT2D eigenvalue weighted by molar-refractivity contribution is 5.79. The van der Waals surface area contributed by atoms with Crippen molar-refractivity contribution in [2.75, 3.05) is 13.7 Å². The fourth-order valence-electron chi connectivity index (χ4n) is 4.18. The van der Waals surface area contributed by atoms with Crippen LogP contribution in [0.15, 0.2) is 48.5 Å². The van der Waals surface area contributed by atoms with Crippen molar-refractivity contribution in [2.45, 2.75) is 64.7 Å². The third kappa shape index (κ3) is 7.09. The number of likely N-dealkylation sites (tertiary alicyclic amines) is 1. The number of rotatable bonds is 9. The minimum Gasteiger partial charge on any atom is -0.497 e.